The van der Waals surface area contributed by atoms with Crippen LogP contribution in [0.3, 0.4) is 0 Å². The van der Waals surface area contributed by atoms with Crippen LogP contribution in [0.15, 0.2) is 89.9 Å². The van der Waals surface area contributed by atoms with Crippen molar-refractivity contribution in [1.29, 1.82) is 0 Å². The molecule has 0 aromatic heterocycles. The van der Waals surface area contributed by atoms with Crippen molar-refractivity contribution in [2.45, 2.75) is 0 Å². The smallest absolute Gasteiger partial charge is 0.262 e. The first-order valence-corrected chi connectivity index (χ1v) is 9.57. The second-order valence-electron chi connectivity index (χ2n) is 5.94. The fraction of sp³-hybridized carbons (Fsp3) is 0.0870. The number of carbonyl (C=O) groups is 1. The summed E-state index contributed by atoms with van der Waals surface area (Å²) in [6, 6.07) is 23.1. The van der Waals surface area contributed by atoms with Gasteiger partial charge in [0.2, 0.25) is 0 Å². The van der Waals surface area contributed by atoms with Gasteiger partial charge in [-0.25, -0.2) is 0 Å². The molecule has 0 heterocycles. The maximum Gasteiger partial charge on any atom is 0.262 e. The van der Waals surface area contributed by atoms with E-state index in [4.69, 9.17) is 9.47 Å². The van der Waals surface area contributed by atoms with Crippen LogP contribution in [0.2, 0.25) is 0 Å². The van der Waals surface area contributed by atoms with Gasteiger partial charge in [-0.05, 0) is 51.3 Å². The lowest BCUT2D eigenvalue weighted by Crippen LogP contribution is -2.20. The Kier molecular flexibility index (Phi) is 6.87. The Bertz CT molecular complexity index is 957. The molecule has 0 saturated carbocycles. The van der Waals surface area contributed by atoms with E-state index >= 15 is 0 Å². The molecule has 3 rings (SSSR count). The molecule has 3 aromatic rings. The summed E-state index contributed by atoms with van der Waals surface area (Å²) >= 11 is 3.52. The molecule has 0 aliphatic carbocycles. The third-order valence-corrected chi connectivity index (χ3v) is 4.54. The van der Waals surface area contributed by atoms with Gasteiger partial charge < -0.3 is 14.8 Å². The average molecular weight is 438 g/mol. The van der Waals surface area contributed by atoms with Gasteiger partial charge in [0.05, 0.1) is 10.2 Å². The summed E-state index contributed by atoms with van der Waals surface area (Å²) in [7, 11) is 0. The molecule has 0 bridgehead atoms. The van der Waals surface area contributed by atoms with E-state index in [1.807, 2.05) is 60.7 Å². The first-order chi connectivity index (χ1) is 13.7. The van der Waals surface area contributed by atoms with Crippen molar-refractivity contribution >= 4 is 27.5 Å². The van der Waals surface area contributed by atoms with Crippen LogP contribution in [0.5, 0.6) is 11.5 Å². The molecule has 0 unspecified atom stereocenters. The highest BCUT2D eigenvalue weighted by molar-refractivity contribution is 9.10. The van der Waals surface area contributed by atoms with Crippen molar-refractivity contribution in [3.8, 4) is 22.6 Å². The summed E-state index contributed by atoms with van der Waals surface area (Å²) in [4.78, 5) is 12.3. The zero-order chi connectivity index (χ0) is 19.8. The monoisotopic (exact) mass is 437 g/mol. The second-order valence-corrected chi connectivity index (χ2v) is 6.80. The molecule has 0 saturated heterocycles. The van der Waals surface area contributed by atoms with E-state index in [0.29, 0.717) is 23.8 Å². The molecule has 5 heteroatoms. The molecule has 0 aliphatic rings. The van der Waals surface area contributed by atoms with Crippen LogP contribution in [0.25, 0.3) is 11.1 Å². The number of ether oxygens (including phenoxy) is 2. The SMILES string of the molecule is C=CCOc1ccccc1NC(=O)COc1ccc(-c2ccccc2)cc1Br. The molecule has 142 valence electrons. The quantitative estimate of drug-likeness (QED) is 0.459. The van der Waals surface area contributed by atoms with E-state index in [9.17, 15) is 4.79 Å². The van der Waals surface area contributed by atoms with Crippen LogP contribution >= 0.6 is 15.9 Å². The van der Waals surface area contributed by atoms with Crippen molar-refractivity contribution in [3.05, 3.63) is 89.9 Å². The van der Waals surface area contributed by atoms with Crippen LogP contribution in [0, 0.1) is 0 Å². The zero-order valence-electron chi connectivity index (χ0n) is 15.2. The van der Waals surface area contributed by atoms with Gasteiger partial charge in [0.15, 0.2) is 6.61 Å². The summed E-state index contributed by atoms with van der Waals surface area (Å²) in [6.07, 6.45) is 1.65. The fourth-order valence-electron chi connectivity index (χ4n) is 2.60. The first kappa shape index (κ1) is 19.7. The van der Waals surface area contributed by atoms with Crippen molar-refractivity contribution in [3.63, 3.8) is 0 Å². The Balaban J connectivity index is 1.61. The Morgan fingerprint density at radius 2 is 1.68 bits per heavy atom. The van der Waals surface area contributed by atoms with Crippen LogP contribution in [0.4, 0.5) is 5.69 Å². The van der Waals surface area contributed by atoms with Crippen LogP contribution in [-0.4, -0.2) is 19.1 Å². The van der Waals surface area contributed by atoms with Crippen molar-refractivity contribution in [2.24, 2.45) is 0 Å². The summed E-state index contributed by atoms with van der Waals surface area (Å²) in [5.74, 6) is 0.920. The lowest BCUT2D eigenvalue weighted by Gasteiger charge is -2.13. The highest BCUT2D eigenvalue weighted by Gasteiger charge is 2.10. The number of nitrogens with one attached hydrogen (secondary N) is 1. The van der Waals surface area contributed by atoms with Gasteiger partial charge in [0, 0.05) is 0 Å². The van der Waals surface area contributed by atoms with E-state index < -0.39 is 0 Å². The molecule has 0 spiro atoms. The molecule has 1 amide bonds. The molecule has 1 N–H and O–H groups in total. The minimum absolute atomic E-state index is 0.112. The largest absolute Gasteiger partial charge is 0.487 e. The minimum Gasteiger partial charge on any atom is -0.487 e. The lowest BCUT2D eigenvalue weighted by molar-refractivity contribution is -0.118. The number of hydrogen-bond acceptors (Lipinski definition) is 3. The fourth-order valence-corrected chi connectivity index (χ4v) is 3.10. The highest BCUT2D eigenvalue weighted by Crippen LogP contribution is 2.31. The van der Waals surface area contributed by atoms with Gasteiger partial charge >= 0.3 is 0 Å². The molecule has 0 fully saturated rings. The highest BCUT2D eigenvalue weighted by atomic mass is 79.9. The van der Waals surface area contributed by atoms with Crippen LogP contribution in [0.1, 0.15) is 0 Å². The third-order valence-electron chi connectivity index (χ3n) is 3.92. The second kappa shape index (κ2) is 9.76. The molecule has 4 nitrogen and oxygen atoms in total. The van der Waals surface area contributed by atoms with Crippen LogP contribution in [-0.2, 0) is 4.79 Å². The third kappa shape index (κ3) is 5.24. The summed E-state index contributed by atoms with van der Waals surface area (Å²) < 4.78 is 12.0. The number of halogens is 1. The Labute approximate surface area is 172 Å². The maximum absolute atomic E-state index is 12.3. The number of benzene rings is 3. The average Bonchev–Trinajstić information content (AvgIpc) is 2.73. The zero-order valence-corrected chi connectivity index (χ0v) is 16.8. The Hall–Kier alpha value is -3.05. The van der Waals surface area contributed by atoms with Gasteiger partial charge in [-0.1, -0.05) is 61.2 Å². The number of anilines is 1. The summed E-state index contributed by atoms with van der Waals surface area (Å²) in [5.41, 5.74) is 2.78. The predicted octanol–water partition coefficient (Wildman–Crippen LogP) is 5.70. The van der Waals surface area contributed by atoms with Gasteiger partial charge in [-0.2, -0.15) is 0 Å². The predicted molar refractivity (Wildman–Crippen MR) is 116 cm³/mol. The first-order valence-electron chi connectivity index (χ1n) is 8.77. The molecule has 28 heavy (non-hydrogen) atoms. The lowest BCUT2D eigenvalue weighted by atomic mass is 10.1. The van der Waals surface area contributed by atoms with Crippen molar-refractivity contribution in [1.82, 2.24) is 0 Å². The minimum atomic E-state index is -0.270. The normalized spacial score (nSPS) is 10.2. The summed E-state index contributed by atoms with van der Waals surface area (Å²) in [6.45, 7) is 3.88. The Morgan fingerprint density at radius 3 is 2.43 bits per heavy atom. The van der Waals surface area contributed by atoms with E-state index in [1.165, 1.54) is 0 Å². The van der Waals surface area contributed by atoms with E-state index in [0.717, 1.165) is 15.6 Å². The summed E-state index contributed by atoms with van der Waals surface area (Å²) in [5, 5.41) is 2.81. The number of rotatable bonds is 8. The molecule has 3 aromatic carbocycles. The molecule has 0 aliphatic heterocycles. The number of carbonyl (C=O) groups excluding carboxylic acids is 1. The Morgan fingerprint density at radius 1 is 0.929 bits per heavy atom. The van der Waals surface area contributed by atoms with Crippen LogP contribution < -0.4 is 14.8 Å². The van der Waals surface area contributed by atoms with Crippen molar-refractivity contribution < 1.29 is 14.3 Å². The van der Waals surface area contributed by atoms with Gasteiger partial charge in [0.1, 0.15) is 18.1 Å². The molecular weight excluding hydrogens is 418 g/mol. The number of hydrogen-bond donors (Lipinski definition) is 1. The van der Waals surface area contributed by atoms with Gasteiger partial charge in [-0.3, -0.25) is 4.79 Å². The number of amides is 1. The van der Waals surface area contributed by atoms with Gasteiger partial charge in [-0.15, -0.1) is 0 Å². The standard InChI is InChI=1S/C23H20BrNO3/c1-2-14-27-22-11-7-6-10-20(22)25-23(26)16-28-21-13-12-18(15-19(21)24)17-8-4-3-5-9-17/h2-13,15H,1,14,16H2,(H,25,26). The molecule has 0 atom stereocenters. The van der Waals surface area contributed by atoms with E-state index in [2.05, 4.69) is 27.8 Å². The van der Waals surface area contributed by atoms with Crippen molar-refractivity contribution in [2.75, 3.05) is 18.5 Å². The van der Waals surface area contributed by atoms with E-state index in [-0.39, 0.29) is 12.5 Å². The topological polar surface area (TPSA) is 47.6 Å². The maximum atomic E-state index is 12.3. The number of para-hydroxylation sites is 2. The van der Waals surface area contributed by atoms with E-state index in [1.54, 1.807) is 18.2 Å². The molecular formula is C23H20BrNO3. The van der Waals surface area contributed by atoms with Gasteiger partial charge in [0.25, 0.3) is 5.91 Å². The molecule has 0 radical (unpaired) electrons.